The molecule has 0 radical (unpaired) electrons. The first-order valence-electron chi connectivity index (χ1n) is 9.50. The number of fused-ring (bicyclic) bond motifs is 1. The Morgan fingerprint density at radius 3 is 2.61 bits per heavy atom. The largest absolute Gasteiger partial charge is 0.387 e. The van der Waals surface area contributed by atoms with Crippen molar-refractivity contribution in [2.24, 2.45) is 4.99 Å². The monoisotopic (exact) mass is 397 g/mol. The standard InChI is InChI=1S/C22H27N3O2S/c1-3-23-22(24-13-18(26)16-9-6-7-15(2)11-16)25-14-19(27)21-12-17-8-4-5-10-20(17)28-21/h4-12,18-19,26-27H,3,13-14H2,1-2H3,(H2,23,24,25). The van der Waals surface area contributed by atoms with Crippen LogP contribution in [0.1, 0.15) is 35.1 Å². The summed E-state index contributed by atoms with van der Waals surface area (Å²) in [7, 11) is 0. The molecule has 3 rings (SSSR count). The van der Waals surface area contributed by atoms with Crippen LogP contribution in [0.25, 0.3) is 10.1 Å². The molecule has 0 aliphatic carbocycles. The van der Waals surface area contributed by atoms with E-state index in [-0.39, 0.29) is 6.54 Å². The molecule has 1 aromatic heterocycles. The van der Waals surface area contributed by atoms with E-state index >= 15 is 0 Å². The van der Waals surface area contributed by atoms with Crippen LogP contribution in [0.3, 0.4) is 0 Å². The number of rotatable bonds is 7. The summed E-state index contributed by atoms with van der Waals surface area (Å²) in [6.45, 7) is 5.28. The van der Waals surface area contributed by atoms with Crippen LogP contribution in [-0.4, -0.2) is 35.8 Å². The number of aliphatic imine (C=N–C) groups is 1. The number of hydrogen-bond acceptors (Lipinski definition) is 4. The Balaban J connectivity index is 1.61. The normalized spacial score (nSPS) is 14.1. The number of nitrogens with zero attached hydrogens (tertiary/aromatic N) is 1. The van der Waals surface area contributed by atoms with Crippen molar-refractivity contribution in [2.45, 2.75) is 26.1 Å². The molecule has 4 N–H and O–H groups in total. The number of guanidine groups is 1. The van der Waals surface area contributed by atoms with Crippen molar-refractivity contribution < 1.29 is 10.2 Å². The fourth-order valence-electron chi connectivity index (χ4n) is 2.96. The highest BCUT2D eigenvalue weighted by molar-refractivity contribution is 7.19. The number of hydrogen-bond donors (Lipinski definition) is 4. The highest BCUT2D eigenvalue weighted by Gasteiger charge is 2.12. The second-order valence-corrected chi connectivity index (χ2v) is 7.85. The fourth-order valence-corrected chi connectivity index (χ4v) is 4.01. The zero-order valence-corrected chi connectivity index (χ0v) is 17.0. The number of nitrogens with one attached hydrogen (secondary N) is 2. The summed E-state index contributed by atoms with van der Waals surface area (Å²) < 4.78 is 1.16. The molecule has 2 aromatic carbocycles. The lowest BCUT2D eigenvalue weighted by Crippen LogP contribution is -2.39. The summed E-state index contributed by atoms with van der Waals surface area (Å²) in [6.07, 6.45) is -1.29. The Hall–Kier alpha value is -2.41. The minimum Gasteiger partial charge on any atom is -0.387 e. The second kappa shape index (κ2) is 9.68. The van der Waals surface area contributed by atoms with E-state index in [0.29, 0.717) is 19.0 Å². The number of benzene rings is 2. The van der Waals surface area contributed by atoms with E-state index in [1.807, 2.05) is 62.4 Å². The second-order valence-electron chi connectivity index (χ2n) is 6.73. The summed E-state index contributed by atoms with van der Waals surface area (Å²) >= 11 is 1.59. The molecule has 0 saturated heterocycles. The molecule has 0 spiro atoms. The van der Waals surface area contributed by atoms with Crippen molar-refractivity contribution in [1.29, 1.82) is 0 Å². The van der Waals surface area contributed by atoms with Gasteiger partial charge in [0.05, 0.1) is 12.6 Å². The van der Waals surface area contributed by atoms with Crippen LogP contribution in [0.5, 0.6) is 0 Å². The molecule has 0 amide bonds. The van der Waals surface area contributed by atoms with Gasteiger partial charge in [0.25, 0.3) is 0 Å². The topological polar surface area (TPSA) is 76.9 Å². The minimum atomic E-state index is -0.658. The van der Waals surface area contributed by atoms with Crippen molar-refractivity contribution in [2.75, 3.05) is 19.6 Å². The zero-order chi connectivity index (χ0) is 19.9. The summed E-state index contributed by atoms with van der Waals surface area (Å²) in [5.74, 6) is 0.578. The van der Waals surface area contributed by atoms with Crippen LogP contribution in [0.4, 0.5) is 0 Å². The molecule has 5 nitrogen and oxygen atoms in total. The molecule has 3 aromatic rings. The van der Waals surface area contributed by atoms with Crippen LogP contribution in [-0.2, 0) is 0 Å². The Kier molecular flexibility index (Phi) is 7.03. The Morgan fingerprint density at radius 2 is 1.86 bits per heavy atom. The lowest BCUT2D eigenvalue weighted by molar-refractivity contribution is 0.180. The van der Waals surface area contributed by atoms with Gasteiger partial charge in [0.2, 0.25) is 0 Å². The van der Waals surface area contributed by atoms with Gasteiger partial charge in [0.1, 0.15) is 6.10 Å². The smallest absolute Gasteiger partial charge is 0.191 e. The molecular formula is C22H27N3O2S. The molecule has 0 bridgehead atoms. The maximum absolute atomic E-state index is 10.5. The van der Waals surface area contributed by atoms with Crippen molar-refractivity contribution in [3.8, 4) is 0 Å². The van der Waals surface area contributed by atoms with Crippen molar-refractivity contribution in [3.63, 3.8) is 0 Å². The van der Waals surface area contributed by atoms with Crippen LogP contribution < -0.4 is 10.6 Å². The first-order chi connectivity index (χ1) is 13.6. The van der Waals surface area contributed by atoms with Crippen molar-refractivity contribution >= 4 is 27.4 Å². The van der Waals surface area contributed by atoms with Crippen LogP contribution in [0, 0.1) is 6.92 Å². The number of thiophene rings is 1. The number of aliphatic hydroxyl groups excluding tert-OH is 2. The Labute approximate surface area is 169 Å². The summed E-state index contributed by atoms with van der Waals surface area (Å²) in [5, 5.41) is 28.4. The van der Waals surface area contributed by atoms with Crippen molar-refractivity contribution in [1.82, 2.24) is 10.6 Å². The van der Waals surface area contributed by atoms with Crippen LogP contribution in [0.2, 0.25) is 0 Å². The first-order valence-corrected chi connectivity index (χ1v) is 10.3. The molecule has 28 heavy (non-hydrogen) atoms. The van der Waals surface area contributed by atoms with E-state index in [0.717, 1.165) is 26.1 Å². The molecule has 1 heterocycles. The van der Waals surface area contributed by atoms with Gasteiger partial charge in [-0.1, -0.05) is 48.0 Å². The van der Waals surface area contributed by atoms with Crippen LogP contribution >= 0.6 is 11.3 Å². The Bertz CT molecular complexity index is 905. The quantitative estimate of drug-likeness (QED) is 0.363. The SMILES string of the molecule is CCNC(=NCC(O)c1cc2ccccc2s1)NCC(O)c1cccc(C)c1. The van der Waals surface area contributed by atoms with Gasteiger partial charge in [0.15, 0.2) is 5.96 Å². The summed E-state index contributed by atoms with van der Waals surface area (Å²) in [5.41, 5.74) is 1.98. The highest BCUT2D eigenvalue weighted by Crippen LogP contribution is 2.29. The van der Waals surface area contributed by atoms with Gasteiger partial charge in [-0.2, -0.15) is 0 Å². The van der Waals surface area contributed by atoms with E-state index in [2.05, 4.69) is 21.7 Å². The van der Waals surface area contributed by atoms with Gasteiger partial charge in [-0.05, 0) is 36.9 Å². The summed E-state index contributed by atoms with van der Waals surface area (Å²) in [4.78, 5) is 5.39. The molecular weight excluding hydrogens is 370 g/mol. The number of aryl methyl sites for hydroxylation is 1. The minimum absolute atomic E-state index is 0.253. The zero-order valence-electron chi connectivity index (χ0n) is 16.2. The molecule has 0 fully saturated rings. The molecule has 148 valence electrons. The van der Waals surface area contributed by atoms with E-state index in [4.69, 9.17) is 0 Å². The maximum atomic E-state index is 10.5. The van der Waals surface area contributed by atoms with Gasteiger partial charge >= 0.3 is 0 Å². The third-order valence-electron chi connectivity index (χ3n) is 4.43. The lowest BCUT2D eigenvalue weighted by atomic mass is 10.1. The van der Waals surface area contributed by atoms with Crippen molar-refractivity contribution in [3.05, 3.63) is 70.6 Å². The number of aliphatic hydroxyl groups is 2. The van der Waals surface area contributed by atoms with Gasteiger partial charge in [-0.3, -0.25) is 4.99 Å². The predicted octanol–water partition coefficient (Wildman–Crippen LogP) is 3.53. The molecule has 2 atom stereocenters. The van der Waals surface area contributed by atoms with Gasteiger partial charge in [0, 0.05) is 22.7 Å². The highest BCUT2D eigenvalue weighted by atomic mass is 32.1. The molecule has 0 aliphatic rings. The van der Waals surface area contributed by atoms with Gasteiger partial charge < -0.3 is 20.8 Å². The maximum Gasteiger partial charge on any atom is 0.191 e. The van der Waals surface area contributed by atoms with Gasteiger partial charge in [-0.15, -0.1) is 11.3 Å². The van der Waals surface area contributed by atoms with E-state index < -0.39 is 12.2 Å². The molecule has 6 heteroatoms. The van der Waals surface area contributed by atoms with E-state index in [1.54, 1.807) is 11.3 Å². The predicted molar refractivity (Wildman–Crippen MR) is 117 cm³/mol. The Morgan fingerprint density at radius 1 is 1.04 bits per heavy atom. The third kappa shape index (κ3) is 5.32. The average Bonchev–Trinajstić information content (AvgIpc) is 3.14. The van der Waals surface area contributed by atoms with E-state index in [1.165, 1.54) is 0 Å². The molecule has 2 unspecified atom stereocenters. The third-order valence-corrected chi connectivity index (χ3v) is 5.65. The fraction of sp³-hybridized carbons (Fsp3) is 0.318. The average molecular weight is 398 g/mol. The lowest BCUT2D eigenvalue weighted by Gasteiger charge is -2.16. The summed E-state index contributed by atoms with van der Waals surface area (Å²) in [6, 6.07) is 17.9. The molecule has 0 saturated carbocycles. The van der Waals surface area contributed by atoms with E-state index in [9.17, 15) is 10.2 Å². The first kappa shape index (κ1) is 20.3. The molecule has 0 aliphatic heterocycles. The van der Waals surface area contributed by atoms with Crippen LogP contribution in [0.15, 0.2) is 59.6 Å². The van der Waals surface area contributed by atoms with Gasteiger partial charge in [-0.25, -0.2) is 0 Å².